The Bertz CT molecular complexity index is 507. The van der Waals surface area contributed by atoms with Gasteiger partial charge in [0.15, 0.2) is 0 Å². The average molecular weight is 292 g/mol. The summed E-state index contributed by atoms with van der Waals surface area (Å²) in [7, 11) is 0. The molecule has 2 heterocycles. The van der Waals surface area contributed by atoms with Gasteiger partial charge in [-0.3, -0.25) is 4.79 Å². The predicted octanol–water partition coefficient (Wildman–Crippen LogP) is 2.03. The maximum atomic E-state index is 10.8. The van der Waals surface area contributed by atoms with Crippen molar-refractivity contribution in [3.63, 3.8) is 0 Å². The lowest BCUT2D eigenvalue weighted by Gasteiger charge is -2.37. The lowest BCUT2D eigenvalue weighted by molar-refractivity contribution is -0.136. The molecule has 3 rings (SSSR count). The van der Waals surface area contributed by atoms with Gasteiger partial charge in [-0.25, -0.2) is 0 Å². The number of hydrogen-bond donors (Lipinski definition) is 1. The number of rotatable bonds is 4. The van der Waals surface area contributed by atoms with Gasteiger partial charge in [-0.2, -0.15) is 0 Å². The fraction of sp³-hybridized carbons (Fsp3) is 0.562. The number of benzene rings is 1. The van der Waals surface area contributed by atoms with Gasteiger partial charge in [0.1, 0.15) is 11.9 Å². The van der Waals surface area contributed by atoms with Gasteiger partial charge in [-0.05, 0) is 17.7 Å². The molecular formula is C16H20O5. The Morgan fingerprint density at radius 2 is 2.33 bits per heavy atom. The van der Waals surface area contributed by atoms with Crippen LogP contribution < -0.4 is 4.74 Å². The summed E-state index contributed by atoms with van der Waals surface area (Å²) in [6.07, 6.45) is 2.72. The number of ether oxygens (including phenoxy) is 3. The molecule has 2 aliphatic heterocycles. The van der Waals surface area contributed by atoms with Crippen molar-refractivity contribution in [2.24, 2.45) is 0 Å². The zero-order chi connectivity index (χ0) is 14.7. The van der Waals surface area contributed by atoms with Crippen LogP contribution in [-0.2, 0) is 20.7 Å². The minimum Gasteiger partial charge on any atom is -0.490 e. The van der Waals surface area contributed by atoms with Crippen LogP contribution in [0.3, 0.4) is 0 Å². The molecule has 1 spiro atoms. The van der Waals surface area contributed by atoms with Crippen molar-refractivity contribution in [3.8, 4) is 5.75 Å². The topological polar surface area (TPSA) is 65.0 Å². The summed E-state index contributed by atoms with van der Waals surface area (Å²) in [4.78, 5) is 10.8. The van der Waals surface area contributed by atoms with Crippen molar-refractivity contribution in [1.29, 1.82) is 0 Å². The molecule has 2 saturated heterocycles. The normalized spacial score (nSPS) is 28.7. The maximum absolute atomic E-state index is 10.8. The molecule has 0 bridgehead atoms. The molecule has 2 aliphatic rings. The van der Waals surface area contributed by atoms with Gasteiger partial charge >= 0.3 is 5.97 Å². The van der Waals surface area contributed by atoms with Crippen molar-refractivity contribution in [2.45, 2.75) is 37.4 Å². The second-order valence-electron chi connectivity index (χ2n) is 5.78. The summed E-state index contributed by atoms with van der Waals surface area (Å²) in [5, 5.41) is 8.85. The second-order valence-corrected chi connectivity index (χ2v) is 5.78. The Kier molecular flexibility index (Phi) is 4.12. The molecule has 5 nitrogen and oxygen atoms in total. The van der Waals surface area contributed by atoms with E-state index in [0.29, 0.717) is 13.2 Å². The molecule has 1 N–H and O–H groups in total. The van der Waals surface area contributed by atoms with E-state index in [-0.39, 0.29) is 18.1 Å². The highest BCUT2D eigenvalue weighted by Crippen LogP contribution is 2.34. The van der Waals surface area contributed by atoms with E-state index in [1.807, 2.05) is 12.1 Å². The molecule has 2 atom stereocenters. The van der Waals surface area contributed by atoms with Crippen LogP contribution in [0, 0.1) is 0 Å². The van der Waals surface area contributed by atoms with E-state index in [1.165, 1.54) is 0 Å². The molecule has 2 unspecified atom stereocenters. The van der Waals surface area contributed by atoms with Crippen LogP contribution in [0.1, 0.15) is 24.8 Å². The van der Waals surface area contributed by atoms with Gasteiger partial charge in [0.2, 0.25) is 0 Å². The van der Waals surface area contributed by atoms with Gasteiger partial charge in [0.05, 0.1) is 25.2 Å². The third-order valence-corrected chi connectivity index (χ3v) is 4.07. The molecule has 0 saturated carbocycles. The van der Waals surface area contributed by atoms with Crippen molar-refractivity contribution in [1.82, 2.24) is 0 Å². The monoisotopic (exact) mass is 292 g/mol. The summed E-state index contributed by atoms with van der Waals surface area (Å²) in [5.41, 5.74) is 0.577. The van der Waals surface area contributed by atoms with Crippen LogP contribution in [0.4, 0.5) is 0 Å². The molecule has 1 aromatic carbocycles. The van der Waals surface area contributed by atoms with Crippen LogP contribution in [0.25, 0.3) is 0 Å². The van der Waals surface area contributed by atoms with E-state index in [0.717, 1.165) is 37.2 Å². The lowest BCUT2D eigenvalue weighted by Crippen LogP contribution is -2.44. The number of carboxylic acid groups (broad SMARTS) is 1. The van der Waals surface area contributed by atoms with Crippen LogP contribution in [-0.4, -0.2) is 42.6 Å². The number of carbonyl (C=O) groups is 1. The molecule has 0 aliphatic carbocycles. The average Bonchev–Trinajstić information content (AvgIpc) is 2.86. The summed E-state index contributed by atoms with van der Waals surface area (Å²) >= 11 is 0. The third kappa shape index (κ3) is 3.54. The highest BCUT2D eigenvalue weighted by Gasteiger charge is 2.41. The first-order valence-electron chi connectivity index (χ1n) is 7.34. The third-order valence-electron chi connectivity index (χ3n) is 4.07. The number of aliphatic carboxylic acids is 1. The minimum atomic E-state index is -0.833. The molecule has 0 radical (unpaired) electrons. The first-order valence-corrected chi connectivity index (χ1v) is 7.34. The summed E-state index contributed by atoms with van der Waals surface area (Å²) in [6, 6.07) is 7.32. The van der Waals surface area contributed by atoms with Crippen molar-refractivity contribution < 1.29 is 24.1 Å². The molecule has 1 aromatic rings. The fourth-order valence-electron chi connectivity index (χ4n) is 3.04. The molecule has 0 aromatic heterocycles. The quantitative estimate of drug-likeness (QED) is 0.920. The molecule has 2 fully saturated rings. The Morgan fingerprint density at radius 3 is 3.10 bits per heavy atom. The van der Waals surface area contributed by atoms with Gasteiger partial charge < -0.3 is 19.3 Å². The van der Waals surface area contributed by atoms with E-state index in [4.69, 9.17) is 19.3 Å². The highest BCUT2D eigenvalue weighted by molar-refractivity contribution is 5.70. The van der Waals surface area contributed by atoms with E-state index >= 15 is 0 Å². The Morgan fingerprint density at radius 1 is 1.43 bits per heavy atom. The molecule has 114 valence electrons. The largest absolute Gasteiger partial charge is 0.490 e. The van der Waals surface area contributed by atoms with E-state index in [9.17, 15) is 4.79 Å². The first kappa shape index (κ1) is 14.4. The first-order chi connectivity index (χ1) is 10.2. The molecule has 5 heteroatoms. The zero-order valence-electron chi connectivity index (χ0n) is 11.9. The smallest absolute Gasteiger partial charge is 0.307 e. The molecule has 21 heavy (non-hydrogen) atoms. The SMILES string of the molecule is O=C(O)Cc1cccc(OC2CCOC3(CCOC3)C2)c1. The van der Waals surface area contributed by atoms with Crippen molar-refractivity contribution >= 4 is 5.97 Å². The van der Waals surface area contributed by atoms with Gasteiger partial charge in [0, 0.05) is 25.9 Å². The van der Waals surface area contributed by atoms with Crippen molar-refractivity contribution in [2.75, 3.05) is 19.8 Å². The van der Waals surface area contributed by atoms with Crippen LogP contribution in [0.15, 0.2) is 24.3 Å². The summed E-state index contributed by atoms with van der Waals surface area (Å²) in [5.74, 6) is -0.102. The van der Waals surface area contributed by atoms with E-state index in [2.05, 4.69) is 0 Å². The summed E-state index contributed by atoms with van der Waals surface area (Å²) in [6.45, 7) is 2.08. The predicted molar refractivity (Wildman–Crippen MR) is 75.6 cm³/mol. The highest BCUT2D eigenvalue weighted by atomic mass is 16.6. The number of hydrogen-bond acceptors (Lipinski definition) is 4. The zero-order valence-corrected chi connectivity index (χ0v) is 11.9. The van der Waals surface area contributed by atoms with E-state index < -0.39 is 5.97 Å². The Labute approximate surface area is 123 Å². The van der Waals surface area contributed by atoms with Crippen LogP contribution in [0.2, 0.25) is 0 Å². The summed E-state index contributed by atoms with van der Waals surface area (Å²) < 4.78 is 17.4. The van der Waals surface area contributed by atoms with E-state index in [1.54, 1.807) is 12.1 Å². The lowest BCUT2D eigenvalue weighted by atomic mass is 9.91. The number of carboxylic acids is 1. The second kappa shape index (κ2) is 6.03. The van der Waals surface area contributed by atoms with Gasteiger partial charge in [-0.1, -0.05) is 12.1 Å². The molecular weight excluding hydrogens is 272 g/mol. The fourth-order valence-corrected chi connectivity index (χ4v) is 3.04. The molecule has 0 amide bonds. The Hall–Kier alpha value is -1.59. The van der Waals surface area contributed by atoms with Crippen LogP contribution >= 0.6 is 0 Å². The maximum Gasteiger partial charge on any atom is 0.307 e. The van der Waals surface area contributed by atoms with Gasteiger partial charge in [-0.15, -0.1) is 0 Å². The Balaban J connectivity index is 1.64. The van der Waals surface area contributed by atoms with Gasteiger partial charge in [0.25, 0.3) is 0 Å². The van der Waals surface area contributed by atoms with Crippen LogP contribution in [0.5, 0.6) is 5.75 Å². The standard InChI is InChI=1S/C16H20O5/c17-15(18)9-12-2-1-3-13(8-12)21-14-4-6-20-16(10-14)5-7-19-11-16/h1-3,8,14H,4-7,9-11H2,(H,17,18). The van der Waals surface area contributed by atoms with Crippen molar-refractivity contribution in [3.05, 3.63) is 29.8 Å². The minimum absolute atomic E-state index is 0.0166.